The van der Waals surface area contributed by atoms with Crippen molar-refractivity contribution in [3.05, 3.63) is 85.1 Å². The summed E-state index contributed by atoms with van der Waals surface area (Å²) in [5, 5.41) is 3.02. The molecule has 2 N–H and O–H groups in total. The third kappa shape index (κ3) is 48.2. The Hall–Kier alpha value is -2.81. The molecule has 10 heteroatoms. The summed E-state index contributed by atoms with van der Waals surface area (Å²) >= 11 is 0. The van der Waals surface area contributed by atoms with Crippen molar-refractivity contribution in [2.45, 2.75) is 232 Å². The number of allylic oxidation sites excluding steroid dienone is 13. The molecule has 68 heavy (non-hydrogen) atoms. The summed E-state index contributed by atoms with van der Waals surface area (Å²) in [6, 6.07) is -0.872. The van der Waals surface area contributed by atoms with Gasteiger partial charge >= 0.3 is 13.8 Å². The predicted molar refractivity (Wildman–Crippen MR) is 291 cm³/mol. The molecule has 0 heterocycles. The van der Waals surface area contributed by atoms with Gasteiger partial charge in [0.15, 0.2) is 0 Å². The van der Waals surface area contributed by atoms with Crippen molar-refractivity contribution < 1.29 is 37.3 Å². The van der Waals surface area contributed by atoms with Crippen LogP contribution in [-0.2, 0) is 27.9 Å². The largest absolute Gasteiger partial charge is 0.472 e. The first kappa shape index (κ1) is 65.2. The molecular weight excluding hydrogens is 868 g/mol. The minimum atomic E-state index is -4.46. The van der Waals surface area contributed by atoms with Gasteiger partial charge in [0.1, 0.15) is 19.3 Å². The van der Waals surface area contributed by atoms with Gasteiger partial charge in [-0.25, -0.2) is 4.57 Å². The molecule has 0 spiro atoms. The molecule has 3 atom stereocenters. The van der Waals surface area contributed by atoms with Gasteiger partial charge in [0.05, 0.1) is 33.8 Å². The molecule has 3 unspecified atom stereocenters. The Morgan fingerprint density at radius 2 is 0.941 bits per heavy atom. The monoisotopic (exact) mass is 972 g/mol. The second kappa shape index (κ2) is 47.8. The highest BCUT2D eigenvalue weighted by Gasteiger charge is 2.30. The molecule has 0 aromatic rings. The Morgan fingerprint density at radius 3 is 1.44 bits per heavy atom. The number of ether oxygens (including phenoxy) is 1. The van der Waals surface area contributed by atoms with E-state index in [1.807, 2.05) is 33.3 Å². The molecule has 0 aliphatic carbocycles. The Labute approximate surface area is 418 Å². The summed E-state index contributed by atoms with van der Waals surface area (Å²) in [4.78, 5) is 37.5. The fourth-order valence-electron chi connectivity index (χ4n) is 7.31. The Morgan fingerprint density at radius 1 is 0.529 bits per heavy atom. The van der Waals surface area contributed by atoms with E-state index in [0.717, 1.165) is 103 Å². The fourth-order valence-corrected chi connectivity index (χ4v) is 8.05. The van der Waals surface area contributed by atoms with Gasteiger partial charge in [-0.2, -0.15) is 0 Å². The number of nitrogens with one attached hydrogen (secondary N) is 1. The molecular formula is C58H104N2O7P+. The fraction of sp³-hybridized carbons (Fsp3) is 0.724. The van der Waals surface area contributed by atoms with E-state index in [2.05, 4.69) is 99.0 Å². The molecule has 0 rings (SSSR count). The van der Waals surface area contributed by atoms with Crippen molar-refractivity contribution in [3.63, 3.8) is 0 Å². The van der Waals surface area contributed by atoms with Gasteiger partial charge in [0, 0.05) is 12.8 Å². The predicted octanol–water partition coefficient (Wildman–Crippen LogP) is 16.3. The molecule has 1 amide bonds. The average molecular weight is 972 g/mol. The molecule has 0 aliphatic rings. The summed E-state index contributed by atoms with van der Waals surface area (Å²) < 4.78 is 30.5. The van der Waals surface area contributed by atoms with Crippen LogP contribution in [0.5, 0.6) is 0 Å². The van der Waals surface area contributed by atoms with Gasteiger partial charge < -0.3 is 19.4 Å². The maximum Gasteiger partial charge on any atom is 0.472 e. The number of esters is 1. The lowest BCUT2D eigenvalue weighted by molar-refractivity contribution is -0.870. The first-order chi connectivity index (χ1) is 32.9. The number of phosphoric ester groups is 1. The summed E-state index contributed by atoms with van der Waals surface area (Å²) in [5.74, 6) is -0.563. The van der Waals surface area contributed by atoms with Crippen molar-refractivity contribution in [1.29, 1.82) is 0 Å². The van der Waals surface area contributed by atoms with Crippen LogP contribution >= 0.6 is 7.82 Å². The number of hydrogen-bond donors (Lipinski definition) is 2. The zero-order chi connectivity index (χ0) is 50.1. The molecule has 0 saturated carbocycles. The van der Waals surface area contributed by atoms with Gasteiger partial charge in [0.2, 0.25) is 5.91 Å². The summed E-state index contributed by atoms with van der Waals surface area (Å²) in [7, 11) is 1.45. The van der Waals surface area contributed by atoms with Crippen molar-refractivity contribution in [2.75, 3.05) is 40.9 Å². The lowest BCUT2D eigenvalue weighted by Crippen LogP contribution is -2.47. The van der Waals surface area contributed by atoms with Crippen molar-refractivity contribution in [2.24, 2.45) is 0 Å². The number of unbranched alkanes of at least 4 members (excludes halogenated alkanes) is 20. The van der Waals surface area contributed by atoms with Gasteiger partial charge in [-0.15, -0.1) is 0 Å². The first-order valence-electron chi connectivity index (χ1n) is 27.4. The van der Waals surface area contributed by atoms with E-state index in [1.165, 1.54) is 70.6 Å². The number of hydrogen-bond acceptors (Lipinski definition) is 6. The standard InChI is InChI=1S/C58H103N2O7P/c1-7-10-13-16-19-22-25-27-29-30-31-32-35-38-41-44-47-50-57(61)59-55(54-66-68(63,64)65-53-52-60(4,5)6)56(49-46-43-40-37-34-24-21-18-15-12-9-3)67-58(62)51-48-45-42-39-36-33-28-26-23-20-17-14-11-8-2/h11,14,19-20,22-23,27-29,31-33,46,49,55-56H,7-10,12-13,15-18,21,24-26,30,34-45,47-48,50-54H2,1-6H3,(H-,59,61,63,64)/p+1/b14-11+,22-19-,23-20+,29-27-,32-31-,33-28+,49-46+. The molecule has 0 aliphatic heterocycles. The molecule has 0 bridgehead atoms. The Balaban J connectivity index is 5.44. The summed E-state index contributed by atoms with van der Waals surface area (Å²) in [5.41, 5.74) is 0. The van der Waals surface area contributed by atoms with Crippen LogP contribution in [0.1, 0.15) is 220 Å². The SMILES string of the molecule is CC/C=C/C/C=C/C/C=C/CCCCCCC(=O)OC(/C=C/CCCCCCCCCCC)C(COP(=O)(O)OCC[N+](C)(C)C)NC(=O)CCCCCC/C=C\C/C=C\C/C=C\CCCCC. The van der Waals surface area contributed by atoms with Gasteiger partial charge in [-0.1, -0.05) is 190 Å². The highest BCUT2D eigenvalue weighted by Crippen LogP contribution is 2.43. The van der Waals surface area contributed by atoms with E-state index in [0.29, 0.717) is 30.3 Å². The number of nitrogens with zero attached hydrogens (tertiary/aromatic N) is 1. The zero-order valence-corrected chi connectivity index (χ0v) is 45.5. The van der Waals surface area contributed by atoms with Crippen LogP contribution in [0.3, 0.4) is 0 Å². The third-order valence-electron chi connectivity index (χ3n) is 11.6. The lowest BCUT2D eigenvalue weighted by Gasteiger charge is -2.27. The number of rotatable bonds is 48. The molecule has 9 nitrogen and oxygen atoms in total. The number of likely N-dealkylation sites (N-methyl/N-ethyl adjacent to an activating group) is 1. The Bertz CT molecular complexity index is 1440. The second-order valence-corrected chi connectivity index (χ2v) is 20.8. The maximum atomic E-state index is 13.5. The van der Waals surface area contributed by atoms with E-state index in [4.69, 9.17) is 13.8 Å². The van der Waals surface area contributed by atoms with Crippen LogP contribution in [-0.4, -0.2) is 74.3 Å². The number of carbonyl (C=O) groups excluding carboxylic acids is 2. The van der Waals surface area contributed by atoms with Crippen LogP contribution in [0.25, 0.3) is 0 Å². The Kier molecular flexibility index (Phi) is 45.9. The molecule has 0 aromatic carbocycles. The van der Waals surface area contributed by atoms with Gasteiger partial charge in [-0.3, -0.25) is 18.6 Å². The minimum absolute atomic E-state index is 0.0279. The van der Waals surface area contributed by atoms with Crippen molar-refractivity contribution in [1.82, 2.24) is 5.32 Å². The quantitative estimate of drug-likeness (QED) is 0.0205. The van der Waals surface area contributed by atoms with Crippen molar-refractivity contribution >= 4 is 19.7 Å². The number of amides is 1. The average Bonchev–Trinajstić information content (AvgIpc) is 3.29. The van der Waals surface area contributed by atoms with Crippen LogP contribution in [0.15, 0.2) is 85.1 Å². The van der Waals surface area contributed by atoms with Gasteiger partial charge in [0.25, 0.3) is 0 Å². The topological polar surface area (TPSA) is 111 Å². The van der Waals surface area contributed by atoms with Gasteiger partial charge in [-0.05, 0) is 102 Å². The van der Waals surface area contributed by atoms with E-state index in [9.17, 15) is 19.0 Å². The normalized spacial score (nSPS) is 14.5. The van der Waals surface area contributed by atoms with Crippen LogP contribution < -0.4 is 5.32 Å². The lowest BCUT2D eigenvalue weighted by atomic mass is 10.1. The highest BCUT2D eigenvalue weighted by atomic mass is 31.2. The molecule has 0 fully saturated rings. The molecule has 0 radical (unpaired) electrons. The number of carbonyl (C=O) groups is 2. The first-order valence-corrected chi connectivity index (χ1v) is 28.9. The molecule has 392 valence electrons. The zero-order valence-electron chi connectivity index (χ0n) is 44.6. The number of quaternary nitrogens is 1. The summed E-state index contributed by atoms with van der Waals surface area (Å²) in [6.45, 7) is 6.81. The van der Waals surface area contributed by atoms with E-state index < -0.39 is 20.0 Å². The smallest absolute Gasteiger partial charge is 0.456 e. The minimum Gasteiger partial charge on any atom is -0.456 e. The number of phosphoric acid groups is 1. The van der Waals surface area contributed by atoms with Crippen LogP contribution in [0.4, 0.5) is 0 Å². The van der Waals surface area contributed by atoms with Crippen molar-refractivity contribution in [3.8, 4) is 0 Å². The third-order valence-corrected chi connectivity index (χ3v) is 12.6. The van der Waals surface area contributed by atoms with Crippen LogP contribution in [0.2, 0.25) is 0 Å². The second-order valence-electron chi connectivity index (χ2n) is 19.4. The van der Waals surface area contributed by atoms with E-state index in [1.54, 1.807) is 0 Å². The summed E-state index contributed by atoms with van der Waals surface area (Å²) in [6.07, 6.45) is 61.5. The van der Waals surface area contributed by atoms with E-state index >= 15 is 0 Å². The van der Waals surface area contributed by atoms with Crippen LogP contribution in [0, 0.1) is 0 Å². The maximum absolute atomic E-state index is 13.5. The molecule has 0 saturated heterocycles. The van der Waals surface area contributed by atoms with E-state index in [-0.39, 0.29) is 31.5 Å². The highest BCUT2D eigenvalue weighted by molar-refractivity contribution is 7.47. The molecule has 0 aromatic heterocycles.